The molecule has 1 atom stereocenters. The highest BCUT2D eigenvalue weighted by atomic mass is 32.2. The Morgan fingerprint density at radius 1 is 1.26 bits per heavy atom. The van der Waals surface area contributed by atoms with Gasteiger partial charge in [-0.05, 0) is 63.0 Å². The third-order valence-corrected chi connectivity index (χ3v) is 5.58. The molecule has 1 fully saturated rings. The van der Waals surface area contributed by atoms with Gasteiger partial charge in [0.15, 0.2) is 0 Å². The largest absolute Gasteiger partial charge is 0.308 e. The van der Waals surface area contributed by atoms with E-state index in [2.05, 4.69) is 4.90 Å². The van der Waals surface area contributed by atoms with Crippen molar-refractivity contribution < 1.29 is 13.2 Å². The number of hydrogen-bond acceptors (Lipinski definition) is 4. The highest BCUT2D eigenvalue weighted by Crippen LogP contribution is 2.33. The van der Waals surface area contributed by atoms with Crippen LogP contribution >= 0.6 is 0 Å². The van der Waals surface area contributed by atoms with Crippen LogP contribution in [-0.4, -0.2) is 44.9 Å². The molecule has 1 saturated heterocycles. The smallest absolute Gasteiger partial charge is 0.241 e. The number of hydrogen-bond donors (Lipinski definition) is 1. The van der Waals surface area contributed by atoms with Crippen molar-refractivity contribution in [2.45, 2.75) is 43.5 Å². The van der Waals surface area contributed by atoms with Gasteiger partial charge in [0.25, 0.3) is 0 Å². The van der Waals surface area contributed by atoms with Crippen molar-refractivity contribution in [3.05, 3.63) is 23.8 Å². The van der Waals surface area contributed by atoms with Crippen LogP contribution in [0.1, 0.15) is 31.7 Å². The van der Waals surface area contributed by atoms with Gasteiger partial charge in [0.1, 0.15) is 0 Å². The van der Waals surface area contributed by atoms with Gasteiger partial charge < -0.3 is 4.90 Å². The third-order valence-electron chi connectivity index (χ3n) is 4.67. The lowest BCUT2D eigenvalue weighted by Crippen LogP contribution is -2.44. The van der Waals surface area contributed by atoms with Crippen molar-refractivity contribution in [3.63, 3.8) is 0 Å². The van der Waals surface area contributed by atoms with Crippen molar-refractivity contribution in [1.29, 1.82) is 0 Å². The van der Waals surface area contributed by atoms with E-state index in [4.69, 9.17) is 5.14 Å². The van der Waals surface area contributed by atoms with Gasteiger partial charge in [-0.3, -0.25) is 9.69 Å². The number of nitrogens with two attached hydrogens (primary N) is 1. The van der Waals surface area contributed by atoms with E-state index in [9.17, 15) is 13.2 Å². The summed E-state index contributed by atoms with van der Waals surface area (Å²) in [4.78, 5) is 16.8. The van der Waals surface area contributed by atoms with E-state index in [1.807, 2.05) is 6.92 Å². The molecule has 1 aromatic carbocycles. The standard InChI is InChI=1S/C16H23N3O3S/c1-12-9-13-10-14(23(17,21)22)5-6-15(13)19(12)16(20)11-18-7-3-2-4-8-18/h5-6,10,12H,2-4,7-9,11H2,1H3,(H2,17,21,22)/t12-/m0/s1. The molecular formula is C16H23N3O3S. The number of carbonyl (C=O) groups is 1. The van der Waals surface area contributed by atoms with Crippen molar-refractivity contribution in [3.8, 4) is 0 Å². The van der Waals surface area contributed by atoms with Crippen LogP contribution in [-0.2, 0) is 21.2 Å². The van der Waals surface area contributed by atoms with Crippen LogP contribution in [0.4, 0.5) is 5.69 Å². The summed E-state index contributed by atoms with van der Waals surface area (Å²) in [6.07, 6.45) is 4.20. The summed E-state index contributed by atoms with van der Waals surface area (Å²) in [6.45, 7) is 4.38. The van der Waals surface area contributed by atoms with Gasteiger partial charge in [-0.2, -0.15) is 0 Å². The molecule has 0 unspecified atom stereocenters. The average Bonchev–Trinajstić information content (AvgIpc) is 2.82. The lowest BCUT2D eigenvalue weighted by atomic mass is 10.1. The molecule has 0 aliphatic carbocycles. The van der Waals surface area contributed by atoms with Gasteiger partial charge in [-0.1, -0.05) is 6.42 Å². The van der Waals surface area contributed by atoms with Gasteiger partial charge >= 0.3 is 0 Å². The first-order chi connectivity index (χ1) is 10.9. The molecule has 0 saturated carbocycles. The van der Waals surface area contributed by atoms with Crippen molar-refractivity contribution in [1.82, 2.24) is 4.90 Å². The lowest BCUT2D eigenvalue weighted by Gasteiger charge is -2.29. The molecule has 1 aromatic rings. The summed E-state index contributed by atoms with van der Waals surface area (Å²) in [5.41, 5.74) is 1.68. The van der Waals surface area contributed by atoms with Crippen LogP contribution < -0.4 is 10.0 Å². The van der Waals surface area contributed by atoms with E-state index in [-0.39, 0.29) is 16.8 Å². The highest BCUT2D eigenvalue weighted by Gasteiger charge is 2.32. The topological polar surface area (TPSA) is 83.7 Å². The number of piperidine rings is 1. The van der Waals surface area contributed by atoms with Crippen LogP contribution in [0.5, 0.6) is 0 Å². The Bertz CT molecular complexity index is 711. The minimum Gasteiger partial charge on any atom is -0.308 e. The SMILES string of the molecule is C[C@H]1Cc2cc(S(N)(=O)=O)ccc2N1C(=O)CN1CCCCC1. The number of primary sulfonamides is 1. The molecule has 2 heterocycles. The second kappa shape index (κ2) is 6.22. The molecule has 6 nitrogen and oxygen atoms in total. The van der Waals surface area contributed by atoms with E-state index in [1.54, 1.807) is 17.0 Å². The maximum Gasteiger partial charge on any atom is 0.241 e. The molecule has 3 rings (SSSR count). The van der Waals surface area contributed by atoms with E-state index in [0.29, 0.717) is 13.0 Å². The maximum atomic E-state index is 12.7. The van der Waals surface area contributed by atoms with E-state index >= 15 is 0 Å². The monoisotopic (exact) mass is 337 g/mol. The summed E-state index contributed by atoms with van der Waals surface area (Å²) in [6, 6.07) is 4.81. The average molecular weight is 337 g/mol. The number of carbonyl (C=O) groups excluding carboxylic acids is 1. The van der Waals surface area contributed by atoms with E-state index in [0.717, 1.165) is 37.2 Å². The van der Waals surface area contributed by atoms with Crippen LogP contribution in [0.15, 0.2) is 23.1 Å². The zero-order valence-corrected chi connectivity index (χ0v) is 14.2. The maximum absolute atomic E-state index is 12.7. The molecule has 0 bridgehead atoms. The van der Waals surface area contributed by atoms with Gasteiger partial charge in [0, 0.05) is 11.7 Å². The van der Waals surface area contributed by atoms with E-state index < -0.39 is 10.0 Å². The summed E-state index contributed by atoms with van der Waals surface area (Å²) in [5.74, 6) is 0.0847. The molecule has 126 valence electrons. The summed E-state index contributed by atoms with van der Waals surface area (Å²) in [7, 11) is -3.71. The Balaban J connectivity index is 1.81. The molecule has 2 N–H and O–H groups in total. The zero-order chi connectivity index (χ0) is 16.6. The number of nitrogens with zero attached hydrogens (tertiary/aromatic N) is 2. The predicted octanol–water partition coefficient (Wildman–Crippen LogP) is 1.10. The molecule has 2 aliphatic rings. The molecule has 1 amide bonds. The first-order valence-electron chi connectivity index (χ1n) is 8.06. The quantitative estimate of drug-likeness (QED) is 0.895. The summed E-state index contributed by atoms with van der Waals surface area (Å²) in [5, 5.41) is 5.19. The van der Waals surface area contributed by atoms with Crippen molar-refractivity contribution in [2.75, 3.05) is 24.5 Å². The minimum atomic E-state index is -3.71. The number of likely N-dealkylation sites (tertiary alicyclic amines) is 1. The number of anilines is 1. The van der Waals surface area contributed by atoms with Gasteiger partial charge in [0.2, 0.25) is 15.9 Å². The molecule has 7 heteroatoms. The first-order valence-corrected chi connectivity index (χ1v) is 9.61. The van der Waals surface area contributed by atoms with Crippen LogP contribution in [0, 0.1) is 0 Å². The Morgan fingerprint density at radius 2 is 1.96 bits per heavy atom. The van der Waals surface area contributed by atoms with Gasteiger partial charge in [-0.25, -0.2) is 13.6 Å². The van der Waals surface area contributed by atoms with Gasteiger partial charge in [-0.15, -0.1) is 0 Å². The fraction of sp³-hybridized carbons (Fsp3) is 0.562. The van der Waals surface area contributed by atoms with Crippen molar-refractivity contribution >= 4 is 21.6 Å². The fourth-order valence-electron chi connectivity index (χ4n) is 3.55. The normalized spacial score (nSPS) is 22.2. The number of rotatable bonds is 3. The highest BCUT2D eigenvalue weighted by molar-refractivity contribution is 7.89. The molecule has 0 spiro atoms. The number of fused-ring (bicyclic) bond motifs is 1. The fourth-order valence-corrected chi connectivity index (χ4v) is 4.11. The second-order valence-corrected chi connectivity index (χ2v) is 8.05. The second-order valence-electron chi connectivity index (χ2n) is 6.49. The molecule has 23 heavy (non-hydrogen) atoms. The minimum absolute atomic E-state index is 0.0398. The number of sulfonamides is 1. The molecular weight excluding hydrogens is 314 g/mol. The molecule has 2 aliphatic heterocycles. The number of amides is 1. The summed E-state index contributed by atoms with van der Waals surface area (Å²) < 4.78 is 23.0. The third kappa shape index (κ3) is 3.41. The lowest BCUT2D eigenvalue weighted by molar-refractivity contribution is -0.120. The molecule has 0 radical (unpaired) electrons. The van der Waals surface area contributed by atoms with Gasteiger partial charge in [0.05, 0.1) is 11.4 Å². The van der Waals surface area contributed by atoms with Crippen LogP contribution in [0.25, 0.3) is 0 Å². The van der Waals surface area contributed by atoms with Crippen LogP contribution in [0.2, 0.25) is 0 Å². The Kier molecular flexibility index (Phi) is 4.44. The Hall–Kier alpha value is -1.44. The first kappa shape index (κ1) is 16.4. The number of benzene rings is 1. The predicted molar refractivity (Wildman–Crippen MR) is 88.8 cm³/mol. The van der Waals surface area contributed by atoms with E-state index in [1.165, 1.54) is 12.5 Å². The Labute approximate surface area is 137 Å². The zero-order valence-electron chi connectivity index (χ0n) is 13.4. The summed E-state index contributed by atoms with van der Waals surface area (Å²) >= 11 is 0. The molecule has 0 aromatic heterocycles. The Morgan fingerprint density at radius 3 is 2.61 bits per heavy atom. The van der Waals surface area contributed by atoms with Crippen molar-refractivity contribution in [2.24, 2.45) is 5.14 Å². The van der Waals surface area contributed by atoms with Crippen LogP contribution in [0.3, 0.4) is 0 Å².